The van der Waals surface area contributed by atoms with Crippen LogP contribution in [-0.4, -0.2) is 55.2 Å². The van der Waals surface area contributed by atoms with Gasteiger partial charge in [-0.15, -0.1) is 0 Å². The molecule has 282 valence electrons. The van der Waals surface area contributed by atoms with Gasteiger partial charge in [0, 0.05) is 12.8 Å². The lowest BCUT2D eigenvalue weighted by atomic mass is 9.70. The standard InChI is InChI=1S/C46H64N2O4/c1-32(20-15-22-34(3)25-27-38-36(5)43(50)40(47)30-45(38,7)8)18-13-14-19-33(2)21-16-23-35(4)26-28-39-37(6)44(51)41(31-46(39,9)10)52-42(49)24-17-29-48(11)12/h13-16,18-23,25-28,40-41H,17,24,29-31,47H2,1-12H3/b14-13+,20-15+,21-16+,27-25+,28-26+,32-18+,33-19+,34-22+,35-23+. The number of nitrogens with two attached hydrogens (primary N) is 1. The Morgan fingerprint density at radius 3 is 1.62 bits per heavy atom. The van der Waals surface area contributed by atoms with Crippen molar-refractivity contribution in [3.8, 4) is 0 Å². The molecule has 0 heterocycles. The zero-order valence-electron chi connectivity index (χ0n) is 33.9. The SMILES string of the molecule is CC1=C(/C=C/C(C)=C/C=C/C(C)=C/C=C/C=C(C)/C=C/C=C(C)/C=C/C2=C(C)C(=O)C(OC(=O)CCCN(C)C)CC2(C)C)C(C)(C)CC(N)C1=O. The molecule has 0 amide bonds. The first-order valence-corrected chi connectivity index (χ1v) is 18.4. The summed E-state index contributed by atoms with van der Waals surface area (Å²) in [5.41, 5.74) is 13.5. The van der Waals surface area contributed by atoms with Gasteiger partial charge in [0.2, 0.25) is 0 Å². The highest BCUT2D eigenvalue weighted by atomic mass is 16.5. The lowest BCUT2D eigenvalue weighted by Crippen LogP contribution is -2.41. The van der Waals surface area contributed by atoms with E-state index in [1.807, 2.05) is 82.3 Å². The van der Waals surface area contributed by atoms with Crippen molar-refractivity contribution < 1.29 is 19.1 Å². The minimum atomic E-state index is -0.726. The predicted molar refractivity (Wildman–Crippen MR) is 219 cm³/mol. The third-order valence-electron chi connectivity index (χ3n) is 9.61. The predicted octanol–water partition coefficient (Wildman–Crippen LogP) is 9.76. The average molecular weight is 709 g/mol. The van der Waals surface area contributed by atoms with Crippen molar-refractivity contribution in [1.29, 1.82) is 0 Å². The van der Waals surface area contributed by atoms with Crippen LogP contribution in [0.4, 0.5) is 0 Å². The zero-order valence-corrected chi connectivity index (χ0v) is 33.9. The average Bonchev–Trinajstić information content (AvgIpc) is 3.03. The lowest BCUT2D eigenvalue weighted by molar-refractivity contribution is -0.156. The molecule has 2 aliphatic rings. The highest BCUT2D eigenvalue weighted by Gasteiger charge is 2.40. The molecule has 0 fully saturated rings. The number of allylic oxidation sites excluding steroid dienone is 20. The summed E-state index contributed by atoms with van der Waals surface area (Å²) in [7, 11) is 3.94. The van der Waals surface area contributed by atoms with Crippen LogP contribution in [0.5, 0.6) is 0 Å². The second-order valence-electron chi connectivity index (χ2n) is 15.9. The molecule has 0 aromatic carbocycles. The number of esters is 1. The van der Waals surface area contributed by atoms with E-state index in [1.54, 1.807) is 0 Å². The molecule has 2 aliphatic carbocycles. The van der Waals surface area contributed by atoms with Crippen molar-refractivity contribution in [2.75, 3.05) is 20.6 Å². The van der Waals surface area contributed by atoms with Crippen LogP contribution < -0.4 is 5.73 Å². The van der Waals surface area contributed by atoms with E-state index in [1.165, 1.54) is 0 Å². The third kappa shape index (κ3) is 14.1. The van der Waals surface area contributed by atoms with Gasteiger partial charge >= 0.3 is 5.97 Å². The second kappa shape index (κ2) is 20.2. The Morgan fingerprint density at radius 1 is 0.712 bits per heavy atom. The van der Waals surface area contributed by atoms with E-state index in [0.717, 1.165) is 45.6 Å². The minimum absolute atomic E-state index is 0.0439. The van der Waals surface area contributed by atoms with Gasteiger partial charge in [0.15, 0.2) is 17.7 Å². The van der Waals surface area contributed by atoms with E-state index in [-0.39, 0.29) is 28.4 Å². The van der Waals surface area contributed by atoms with E-state index >= 15 is 0 Å². The van der Waals surface area contributed by atoms with Gasteiger partial charge in [0.25, 0.3) is 0 Å². The summed E-state index contributed by atoms with van der Waals surface area (Å²) >= 11 is 0. The molecule has 0 radical (unpaired) electrons. The fraction of sp³-hybridized carbons (Fsp3) is 0.457. The highest BCUT2D eigenvalue weighted by molar-refractivity contribution is 6.02. The molecule has 2 unspecified atom stereocenters. The van der Waals surface area contributed by atoms with Crippen molar-refractivity contribution in [2.45, 2.75) is 107 Å². The van der Waals surface area contributed by atoms with E-state index in [9.17, 15) is 14.4 Å². The van der Waals surface area contributed by atoms with Crippen molar-refractivity contribution in [3.63, 3.8) is 0 Å². The topological polar surface area (TPSA) is 89.7 Å². The van der Waals surface area contributed by atoms with Crippen LogP contribution >= 0.6 is 0 Å². The maximum atomic E-state index is 13.1. The van der Waals surface area contributed by atoms with Crippen molar-refractivity contribution in [3.05, 3.63) is 130 Å². The monoisotopic (exact) mass is 708 g/mol. The Kier molecular flexibility index (Phi) is 17.1. The first-order valence-electron chi connectivity index (χ1n) is 18.4. The van der Waals surface area contributed by atoms with Gasteiger partial charge in [-0.25, -0.2) is 0 Å². The fourth-order valence-electron chi connectivity index (χ4n) is 6.54. The number of ketones is 2. The van der Waals surface area contributed by atoms with Crippen LogP contribution in [0.3, 0.4) is 0 Å². The molecule has 2 atom stereocenters. The summed E-state index contributed by atoms with van der Waals surface area (Å²) in [6, 6.07) is -0.413. The van der Waals surface area contributed by atoms with Gasteiger partial charge in [-0.3, -0.25) is 14.4 Å². The van der Waals surface area contributed by atoms with Crippen molar-refractivity contribution in [1.82, 2.24) is 4.90 Å². The van der Waals surface area contributed by atoms with Crippen molar-refractivity contribution in [2.24, 2.45) is 16.6 Å². The number of carbonyl (C=O) groups is 3. The van der Waals surface area contributed by atoms with Gasteiger partial charge in [-0.1, -0.05) is 135 Å². The maximum absolute atomic E-state index is 13.1. The molecule has 0 saturated carbocycles. The number of carbonyl (C=O) groups excluding carboxylic acids is 3. The Labute approximate surface area is 314 Å². The number of hydrogen-bond acceptors (Lipinski definition) is 6. The molecule has 0 aliphatic heterocycles. The molecule has 0 aromatic heterocycles. The van der Waals surface area contributed by atoms with Gasteiger partial charge in [0.1, 0.15) is 0 Å². The molecule has 2 rings (SSSR count). The van der Waals surface area contributed by atoms with Gasteiger partial charge in [0.05, 0.1) is 6.04 Å². The van der Waals surface area contributed by atoms with Crippen LogP contribution in [-0.2, 0) is 19.1 Å². The molecular weight excluding hydrogens is 645 g/mol. The summed E-state index contributed by atoms with van der Waals surface area (Å²) in [6.45, 7) is 21.2. The summed E-state index contributed by atoms with van der Waals surface area (Å²) in [5, 5.41) is 0. The van der Waals surface area contributed by atoms with Gasteiger partial charge in [-0.05, 0) is 108 Å². The van der Waals surface area contributed by atoms with E-state index in [2.05, 4.69) is 91.0 Å². The quantitative estimate of drug-likeness (QED) is 0.135. The van der Waals surface area contributed by atoms with E-state index in [4.69, 9.17) is 10.5 Å². The normalized spacial score (nSPS) is 22.6. The molecule has 52 heavy (non-hydrogen) atoms. The molecule has 0 bridgehead atoms. The Hall–Kier alpha value is -4.13. The Balaban J connectivity index is 1.95. The summed E-state index contributed by atoms with van der Waals surface area (Å²) < 4.78 is 5.63. The van der Waals surface area contributed by atoms with Crippen molar-refractivity contribution >= 4 is 17.5 Å². The molecule has 6 nitrogen and oxygen atoms in total. The highest BCUT2D eigenvalue weighted by Crippen LogP contribution is 2.41. The van der Waals surface area contributed by atoms with Crippen LogP contribution in [0, 0.1) is 10.8 Å². The smallest absolute Gasteiger partial charge is 0.306 e. The first kappa shape index (κ1) is 44.0. The summed E-state index contributed by atoms with van der Waals surface area (Å²) in [5.74, 6) is -0.372. The van der Waals surface area contributed by atoms with Crippen LogP contribution in [0.1, 0.15) is 94.9 Å². The third-order valence-corrected chi connectivity index (χ3v) is 9.61. The Bertz CT molecular complexity index is 1670. The van der Waals surface area contributed by atoms with Gasteiger partial charge < -0.3 is 15.4 Å². The second-order valence-corrected chi connectivity index (χ2v) is 15.9. The van der Waals surface area contributed by atoms with E-state index in [0.29, 0.717) is 31.3 Å². The molecule has 0 saturated heterocycles. The lowest BCUT2D eigenvalue weighted by Gasteiger charge is -2.36. The molecular formula is C46H64N2O4. The Morgan fingerprint density at radius 2 is 1.13 bits per heavy atom. The number of Topliss-reactive ketones (excluding diaryl/α,β-unsaturated/α-hetero) is 2. The van der Waals surface area contributed by atoms with Crippen LogP contribution in [0.25, 0.3) is 0 Å². The van der Waals surface area contributed by atoms with E-state index < -0.39 is 12.1 Å². The molecule has 2 N–H and O–H groups in total. The maximum Gasteiger partial charge on any atom is 0.306 e. The summed E-state index contributed by atoms with van der Waals surface area (Å²) in [4.78, 5) is 39.9. The largest absolute Gasteiger partial charge is 0.454 e. The number of hydrogen-bond donors (Lipinski definition) is 1. The minimum Gasteiger partial charge on any atom is -0.454 e. The van der Waals surface area contributed by atoms with Crippen LogP contribution in [0.2, 0.25) is 0 Å². The zero-order chi connectivity index (χ0) is 39.2. The fourth-order valence-corrected chi connectivity index (χ4v) is 6.54. The van der Waals surface area contributed by atoms with Gasteiger partial charge in [-0.2, -0.15) is 0 Å². The first-order chi connectivity index (χ1) is 24.2. The van der Waals surface area contributed by atoms with Crippen LogP contribution in [0.15, 0.2) is 130 Å². The molecule has 0 aromatic rings. The molecule has 0 spiro atoms. The number of rotatable bonds is 15. The summed E-state index contributed by atoms with van der Waals surface area (Å²) in [6.07, 6.45) is 30.1. The molecule has 6 heteroatoms. The number of ether oxygens (including phenoxy) is 1. The number of nitrogens with zero attached hydrogens (tertiary/aromatic N) is 1.